The number of nitrogens with zero attached hydrogens (tertiary/aromatic N) is 1. The van der Waals surface area contributed by atoms with Crippen LogP contribution >= 0.6 is 0 Å². The van der Waals surface area contributed by atoms with E-state index in [0.717, 1.165) is 10.5 Å². The number of rotatable bonds is 9. The molecule has 5 aliphatic rings. The topological polar surface area (TPSA) is 301 Å². The first-order chi connectivity index (χ1) is 37.3. The molecule has 0 spiro atoms. The molecule has 4 aliphatic heterocycles. The zero-order chi connectivity index (χ0) is 58.5. The number of amides is 1. The molecule has 4 fully saturated rings. The highest BCUT2D eigenvalue weighted by molar-refractivity contribution is 6.39. The Kier molecular flexibility index (Phi) is 24.6. The van der Waals surface area contributed by atoms with Gasteiger partial charge in [-0.2, -0.15) is 0 Å². The summed E-state index contributed by atoms with van der Waals surface area (Å²) in [5.74, 6) is -12.3. The van der Waals surface area contributed by atoms with Crippen molar-refractivity contribution in [2.24, 2.45) is 35.5 Å². The SMILES string of the molecule is CO[C@H]1C[C@@H]2CC[C@@H](C)[C@@](O)(O2)C(=O)C(=O)N2CCCCC2C(=O)O[C@H]([C@H](C)CC2CC[C@@H](O)[C@H](OC)C2)CC(=O)[C@H](C)/C=C(\C)[C@@H](OC(=O)OC2(CO)OC[C@H](O)[C@H](O)[C@H]2O)[C@@H](OC)C(=O)[C@H](C)C[C@H](C)\C=C/C=C/C=C/1C. The van der Waals surface area contributed by atoms with Gasteiger partial charge in [0.25, 0.3) is 17.5 Å². The lowest BCUT2D eigenvalue weighted by atomic mass is 9.78. The highest BCUT2D eigenvalue weighted by Crippen LogP contribution is 2.38. The first-order valence-corrected chi connectivity index (χ1v) is 28.0. The highest BCUT2D eigenvalue weighted by Gasteiger charge is 2.55. The van der Waals surface area contributed by atoms with Gasteiger partial charge in [-0.3, -0.25) is 19.2 Å². The van der Waals surface area contributed by atoms with E-state index < -0.39 is 151 Å². The van der Waals surface area contributed by atoms with Gasteiger partial charge in [0.15, 0.2) is 24.1 Å². The number of allylic oxidation sites excluding steroid dienone is 6. The van der Waals surface area contributed by atoms with Crippen molar-refractivity contribution in [3.8, 4) is 0 Å². The van der Waals surface area contributed by atoms with Crippen LogP contribution in [0.15, 0.2) is 47.6 Å². The Hall–Kier alpha value is -4.26. The Bertz CT molecular complexity index is 2210. The van der Waals surface area contributed by atoms with Gasteiger partial charge < -0.3 is 73.4 Å². The Balaban J connectivity index is 1.55. The lowest BCUT2D eigenvalue weighted by molar-refractivity contribution is -0.333. The molecule has 1 aliphatic carbocycles. The average Bonchev–Trinajstić information content (AvgIpc) is 3.43. The Morgan fingerprint density at radius 2 is 1.56 bits per heavy atom. The van der Waals surface area contributed by atoms with Crippen LogP contribution in [0.5, 0.6) is 0 Å². The number of carbonyl (C=O) groups excluding carboxylic acids is 6. The van der Waals surface area contributed by atoms with Crippen molar-refractivity contribution in [1.29, 1.82) is 0 Å². The molecule has 3 saturated heterocycles. The summed E-state index contributed by atoms with van der Waals surface area (Å²) in [4.78, 5) is 87.4. The Morgan fingerprint density at radius 3 is 2.23 bits per heavy atom. The Labute approximate surface area is 464 Å². The van der Waals surface area contributed by atoms with Crippen LogP contribution in [-0.4, -0.2) is 191 Å². The van der Waals surface area contributed by atoms with Gasteiger partial charge in [0, 0.05) is 58.5 Å². The number of methoxy groups -OCH3 is 3. The summed E-state index contributed by atoms with van der Waals surface area (Å²) >= 11 is 0. The largest absolute Gasteiger partial charge is 0.511 e. The molecule has 1 amide bonds. The van der Waals surface area contributed by atoms with Gasteiger partial charge in [-0.1, -0.05) is 71.1 Å². The van der Waals surface area contributed by atoms with Crippen molar-refractivity contribution >= 4 is 35.4 Å². The van der Waals surface area contributed by atoms with E-state index in [-0.39, 0.29) is 43.2 Å². The third kappa shape index (κ3) is 16.5. The monoisotopic (exact) mass is 1120 g/mol. The predicted octanol–water partition coefficient (Wildman–Crippen LogP) is 4.14. The molecule has 21 nitrogen and oxygen atoms in total. The minimum Gasteiger partial charge on any atom is -0.460 e. The maximum Gasteiger partial charge on any atom is 0.511 e. The molecule has 2 bridgehead atoms. The van der Waals surface area contributed by atoms with Gasteiger partial charge in [-0.25, -0.2) is 9.59 Å². The smallest absolute Gasteiger partial charge is 0.460 e. The fourth-order valence-electron chi connectivity index (χ4n) is 11.7. The van der Waals surface area contributed by atoms with E-state index in [4.69, 9.17) is 37.9 Å². The van der Waals surface area contributed by atoms with E-state index in [1.165, 1.54) is 34.3 Å². The summed E-state index contributed by atoms with van der Waals surface area (Å²) < 4.78 is 46.2. The van der Waals surface area contributed by atoms with Crippen molar-refractivity contribution in [1.82, 2.24) is 4.90 Å². The molecule has 1 saturated carbocycles. The number of ketones is 3. The third-order valence-corrected chi connectivity index (χ3v) is 16.8. The van der Waals surface area contributed by atoms with Crippen LogP contribution in [0.3, 0.4) is 0 Å². The molecule has 5 rings (SSSR count). The first-order valence-electron chi connectivity index (χ1n) is 28.0. The number of cyclic esters (lactones) is 1. The molecule has 0 aromatic carbocycles. The van der Waals surface area contributed by atoms with Gasteiger partial charge in [-0.05, 0) is 107 Å². The second kappa shape index (κ2) is 29.6. The highest BCUT2D eigenvalue weighted by atomic mass is 16.8. The van der Waals surface area contributed by atoms with Gasteiger partial charge >= 0.3 is 12.1 Å². The van der Waals surface area contributed by atoms with E-state index in [1.807, 2.05) is 45.1 Å². The lowest BCUT2D eigenvalue weighted by Gasteiger charge is -2.42. The van der Waals surface area contributed by atoms with E-state index in [0.29, 0.717) is 57.8 Å². The molecule has 446 valence electrons. The third-order valence-electron chi connectivity index (χ3n) is 16.8. The lowest BCUT2D eigenvalue weighted by Crippen LogP contribution is -2.64. The summed E-state index contributed by atoms with van der Waals surface area (Å²) in [7, 11) is 4.30. The standard InChI is InChI=1S/C58H89NO20/c1-32-16-12-11-13-17-33(2)45(72-8)28-40-21-19-38(7)58(71,78-40)53(67)54(68)59-23-15-14-18-41(59)55(69)76-46(35(4)26-39-20-22-42(61)47(27-39)73-9)29-43(62)34(3)25-37(6)50(51(74-10)48(64)36(5)24-32)77-56(70)79-57(31-60)52(66)49(65)44(63)30-75-57/h11-13,16-17,25,32,34-36,38-42,44-47,49-52,60-61,63,65-66,71H,14-15,18-24,26-31H2,1-10H3/b13-11+,16-12-,33-17+,37-25+/t32-,34-,35-,36-,38-,39?,40+,41?,42-,44+,45+,46+,47-,49+,50-,51+,52-,57?,58-/m1/s1. The summed E-state index contributed by atoms with van der Waals surface area (Å²) in [6.07, 6.45) is 1.29. The van der Waals surface area contributed by atoms with Crippen molar-refractivity contribution in [3.05, 3.63) is 47.6 Å². The predicted molar refractivity (Wildman–Crippen MR) is 284 cm³/mol. The fourth-order valence-corrected chi connectivity index (χ4v) is 11.7. The summed E-state index contributed by atoms with van der Waals surface area (Å²) in [5.41, 5.74) is 0.954. The molecule has 0 aromatic heterocycles. The first kappa shape index (κ1) is 65.5. The zero-order valence-electron chi connectivity index (χ0n) is 47.7. The van der Waals surface area contributed by atoms with E-state index >= 15 is 0 Å². The van der Waals surface area contributed by atoms with E-state index in [1.54, 1.807) is 26.8 Å². The Morgan fingerprint density at radius 1 is 0.835 bits per heavy atom. The molecule has 6 N–H and O–H groups in total. The summed E-state index contributed by atoms with van der Waals surface area (Å²) in [6.45, 7) is 10.2. The van der Waals surface area contributed by atoms with Crippen LogP contribution in [0.1, 0.15) is 126 Å². The van der Waals surface area contributed by atoms with Crippen LogP contribution in [0, 0.1) is 35.5 Å². The van der Waals surface area contributed by atoms with Crippen LogP contribution in [0.4, 0.5) is 4.79 Å². The molecule has 19 atom stereocenters. The molecule has 0 aromatic rings. The van der Waals surface area contributed by atoms with E-state index in [2.05, 4.69) is 0 Å². The number of aliphatic hydroxyl groups is 6. The number of piperidine rings is 1. The van der Waals surface area contributed by atoms with Gasteiger partial charge in [0.2, 0.25) is 5.79 Å². The van der Waals surface area contributed by atoms with Crippen LogP contribution < -0.4 is 0 Å². The van der Waals surface area contributed by atoms with Crippen molar-refractivity contribution in [2.45, 2.75) is 204 Å². The number of Topliss-reactive ketones (excluding diaryl/α,β-unsaturated/α-hetero) is 3. The molecule has 0 radical (unpaired) electrons. The second-order valence-corrected chi connectivity index (χ2v) is 22.8. The fraction of sp³-hybridized carbons (Fsp3) is 0.759. The molecule has 3 unspecified atom stereocenters. The van der Waals surface area contributed by atoms with Crippen molar-refractivity contribution in [3.63, 3.8) is 0 Å². The number of hydrogen-bond acceptors (Lipinski definition) is 20. The molecular weight excluding hydrogens is 1030 g/mol. The quantitative estimate of drug-likeness (QED) is 0.107. The van der Waals surface area contributed by atoms with Crippen molar-refractivity contribution < 1.29 is 97.3 Å². The van der Waals surface area contributed by atoms with E-state index in [9.17, 15) is 59.4 Å². The molecule has 21 heteroatoms. The number of esters is 1. The number of fused-ring (bicyclic) bond motifs is 3. The zero-order valence-corrected chi connectivity index (χ0v) is 47.7. The number of ether oxygens (including phenoxy) is 8. The maximum absolute atomic E-state index is 14.6. The normalized spacial score (nSPS) is 41.1. The number of aliphatic hydroxyl groups excluding tert-OH is 5. The molecule has 79 heavy (non-hydrogen) atoms. The summed E-state index contributed by atoms with van der Waals surface area (Å²) in [6, 6.07) is -1.25. The average molecular weight is 1120 g/mol. The number of hydrogen-bond donors (Lipinski definition) is 6. The maximum atomic E-state index is 14.6. The minimum absolute atomic E-state index is 0.00991. The minimum atomic E-state index is -2.58. The van der Waals surface area contributed by atoms with Crippen LogP contribution in [0.25, 0.3) is 0 Å². The molecular formula is C58H89NO20. The van der Waals surface area contributed by atoms with Crippen LogP contribution in [-0.2, 0) is 61.9 Å². The summed E-state index contributed by atoms with van der Waals surface area (Å²) in [5, 5.41) is 64.2. The molecule has 4 heterocycles. The van der Waals surface area contributed by atoms with Gasteiger partial charge in [-0.15, -0.1) is 0 Å². The van der Waals surface area contributed by atoms with Crippen LogP contribution in [0.2, 0.25) is 0 Å². The van der Waals surface area contributed by atoms with Gasteiger partial charge in [0.05, 0.1) is 31.0 Å². The number of carbonyl (C=O) groups is 6. The second-order valence-electron chi connectivity index (χ2n) is 22.8. The van der Waals surface area contributed by atoms with Crippen molar-refractivity contribution in [2.75, 3.05) is 41.1 Å². The van der Waals surface area contributed by atoms with Gasteiger partial charge in [0.1, 0.15) is 36.7 Å².